The quantitative estimate of drug-likeness (QED) is 0.462. The van der Waals surface area contributed by atoms with E-state index in [4.69, 9.17) is 38.4 Å². The molecule has 152 valence electrons. The molecular formula is C23H24Cl2N2O2. The molecule has 1 unspecified atom stereocenters. The summed E-state index contributed by atoms with van der Waals surface area (Å²) in [4.78, 5) is 0. The molecule has 3 aromatic rings. The van der Waals surface area contributed by atoms with Gasteiger partial charge in [0.15, 0.2) is 11.5 Å². The Hall–Kier alpha value is -2.40. The summed E-state index contributed by atoms with van der Waals surface area (Å²) in [6.45, 7) is 0.706. The molecule has 0 bridgehead atoms. The molecule has 4 nitrogen and oxygen atoms in total. The highest BCUT2D eigenvalue weighted by atomic mass is 35.5. The number of hydrogen-bond acceptors (Lipinski definition) is 4. The van der Waals surface area contributed by atoms with Crippen LogP contribution in [0.3, 0.4) is 0 Å². The Balaban J connectivity index is 1.83. The summed E-state index contributed by atoms with van der Waals surface area (Å²) in [6, 6.07) is 19.0. The lowest BCUT2D eigenvalue weighted by atomic mass is 9.96. The van der Waals surface area contributed by atoms with Gasteiger partial charge in [-0.2, -0.15) is 0 Å². The third-order valence-electron chi connectivity index (χ3n) is 4.79. The molecule has 3 N–H and O–H groups in total. The number of nitrogens with one attached hydrogen (secondary N) is 1. The van der Waals surface area contributed by atoms with Crippen LogP contribution in [-0.2, 0) is 6.42 Å². The second-order valence-electron chi connectivity index (χ2n) is 6.62. The predicted molar refractivity (Wildman–Crippen MR) is 120 cm³/mol. The van der Waals surface area contributed by atoms with Crippen LogP contribution in [-0.4, -0.2) is 20.8 Å². The minimum atomic E-state index is -0.178. The van der Waals surface area contributed by atoms with Gasteiger partial charge in [-0.25, -0.2) is 0 Å². The van der Waals surface area contributed by atoms with E-state index in [1.807, 2.05) is 54.6 Å². The Labute approximate surface area is 181 Å². The highest BCUT2D eigenvalue weighted by Crippen LogP contribution is 2.33. The molecule has 0 fully saturated rings. The topological polar surface area (TPSA) is 56.5 Å². The number of anilines is 1. The van der Waals surface area contributed by atoms with Crippen molar-refractivity contribution in [2.24, 2.45) is 0 Å². The molecule has 0 aliphatic heterocycles. The molecule has 0 heterocycles. The molecule has 0 aromatic heterocycles. The summed E-state index contributed by atoms with van der Waals surface area (Å²) in [5, 5.41) is 4.89. The first-order valence-corrected chi connectivity index (χ1v) is 10.0. The number of benzene rings is 3. The molecule has 0 spiro atoms. The van der Waals surface area contributed by atoms with Gasteiger partial charge in [0, 0.05) is 22.3 Å². The fourth-order valence-electron chi connectivity index (χ4n) is 3.29. The normalized spacial score (nSPS) is 11.9. The largest absolute Gasteiger partial charge is 0.493 e. The van der Waals surface area contributed by atoms with Gasteiger partial charge in [-0.1, -0.05) is 47.5 Å². The lowest BCUT2D eigenvalue weighted by Crippen LogP contribution is -2.26. The molecular weight excluding hydrogens is 407 g/mol. The lowest BCUT2D eigenvalue weighted by Gasteiger charge is -2.23. The van der Waals surface area contributed by atoms with E-state index < -0.39 is 0 Å². The van der Waals surface area contributed by atoms with Crippen molar-refractivity contribution in [2.75, 3.05) is 26.5 Å². The molecule has 1 atom stereocenters. The van der Waals surface area contributed by atoms with Gasteiger partial charge in [0.2, 0.25) is 0 Å². The summed E-state index contributed by atoms with van der Waals surface area (Å²) < 4.78 is 10.7. The van der Waals surface area contributed by atoms with Crippen LogP contribution in [0.25, 0.3) is 0 Å². The number of halogens is 2. The number of methoxy groups -OCH3 is 2. The zero-order valence-electron chi connectivity index (χ0n) is 16.4. The van der Waals surface area contributed by atoms with Gasteiger partial charge in [-0.15, -0.1) is 0 Å². The number of ether oxygens (including phenoxy) is 2. The monoisotopic (exact) mass is 430 g/mol. The number of hydrogen-bond donors (Lipinski definition) is 2. The van der Waals surface area contributed by atoms with Crippen LogP contribution >= 0.6 is 23.2 Å². The lowest BCUT2D eigenvalue weighted by molar-refractivity contribution is 0.354. The summed E-state index contributed by atoms with van der Waals surface area (Å²) >= 11 is 12.7. The van der Waals surface area contributed by atoms with Gasteiger partial charge in [0.1, 0.15) is 0 Å². The van der Waals surface area contributed by atoms with E-state index in [2.05, 4.69) is 5.32 Å². The van der Waals surface area contributed by atoms with E-state index >= 15 is 0 Å². The van der Waals surface area contributed by atoms with Crippen molar-refractivity contribution in [2.45, 2.75) is 12.5 Å². The Bertz CT molecular complexity index is 979. The van der Waals surface area contributed by atoms with E-state index in [1.54, 1.807) is 20.3 Å². The van der Waals surface area contributed by atoms with E-state index in [0.29, 0.717) is 33.8 Å². The minimum Gasteiger partial charge on any atom is -0.493 e. The average molecular weight is 431 g/mol. The molecule has 3 aromatic carbocycles. The van der Waals surface area contributed by atoms with Crippen LogP contribution in [0.2, 0.25) is 10.0 Å². The van der Waals surface area contributed by atoms with Crippen LogP contribution in [0.15, 0.2) is 60.7 Å². The van der Waals surface area contributed by atoms with Crippen LogP contribution in [0.5, 0.6) is 11.5 Å². The first kappa shape index (κ1) is 21.3. The molecule has 29 heavy (non-hydrogen) atoms. The molecule has 0 aliphatic rings. The first-order valence-electron chi connectivity index (χ1n) is 9.27. The van der Waals surface area contributed by atoms with Gasteiger partial charge >= 0.3 is 0 Å². The molecule has 0 saturated carbocycles. The van der Waals surface area contributed by atoms with E-state index in [1.165, 1.54) is 0 Å². The zero-order chi connectivity index (χ0) is 20.8. The molecule has 0 radical (unpaired) electrons. The fourth-order valence-corrected chi connectivity index (χ4v) is 3.71. The van der Waals surface area contributed by atoms with E-state index in [-0.39, 0.29) is 6.04 Å². The Morgan fingerprint density at radius 1 is 0.897 bits per heavy atom. The third kappa shape index (κ3) is 5.15. The standard InChI is InChI=1S/C23H24Cl2N2O2/c1-28-21-10-7-15(13-22(21)29-2)11-12-27-23(17-5-3-4-6-19(17)25)18-14-16(24)8-9-20(18)26/h3-10,13-14,23,27H,11-12,26H2,1-2H3. The summed E-state index contributed by atoms with van der Waals surface area (Å²) in [7, 11) is 3.26. The van der Waals surface area contributed by atoms with Gasteiger partial charge in [-0.3, -0.25) is 0 Å². The average Bonchev–Trinajstić information content (AvgIpc) is 2.73. The second kappa shape index (κ2) is 9.88. The van der Waals surface area contributed by atoms with Crippen molar-refractivity contribution in [3.05, 3.63) is 87.4 Å². The number of nitrogens with two attached hydrogens (primary N) is 1. The SMILES string of the molecule is COc1ccc(CCNC(c2cc(Cl)ccc2N)c2ccccc2Cl)cc1OC. The first-order chi connectivity index (χ1) is 14.0. The summed E-state index contributed by atoms with van der Waals surface area (Å²) in [5.74, 6) is 1.43. The van der Waals surface area contributed by atoms with Gasteiger partial charge in [0.05, 0.1) is 20.3 Å². The van der Waals surface area contributed by atoms with Gasteiger partial charge in [-0.05, 0) is 59.5 Å². The molecule has 0 saturated heterocycles. The maximum atomic E-state index is 6.49. The summed E-state index contributed by atoms with van der Waals surface area (Å²) in [5.41, 5.74) is 9.91. The minimum absolute atomic E-state index is 0.178. The van der Waals surface area contributed by atoms with E-state index in [9.17, 15) is 0 Å². The van der Waals surface area contributed by atoms with Crippen LogP contribution in [0, 0.1) is 0 Å². The number of nitrogen functional groups attached to an aromatic ring is 1. The highest BCUT2D eigenvalue weighted by molar-refractivity contribution is 6.31. The van der Waals surface area contributed by atoms with Crippen LogP contribution < -0.4 is 20.5 Å². The summed E-state index contributed by atoms with van der Waals surface area (Å²) in [6.07, 6.45) is 0.793. The van der Waals surface area contributed by atoms with Crippen molar-refractivity contribution < 1.29 is 9.47 Å². The van der Waals surface area contributed by atoms with Crippen LogP contribution in [0.1, 0.15) is 22.7 Å². The molecule has 6 heteroatoms. The van der Waals surface area contributed by atoms with Crippen molar-refractivity contribution in [1.29, 1.82) is 0 Å². The fraction of sp³-hybridized carbons (Fsp3) is 0.217. The van der Waals surface area contributed by atoms with Crippen LogP contribution in [0.4, 0.5) is 5.69 Å². The predicted octanol–water partition coefficient (Wildman–Crippen LogP) is 5.51. The Morgan fingerprint density at radius 3 is 2.38 bits per heavy atom. The van der Waals surface area contributed by atoms with E-state index in [0.717, 1.165) is 23.1 Å². The van der Waals surface area contributed by atoms with Crippen molar-refractivity contribution in [3.8, 4) is 11.5 Å². The van der Waals surface area contributed by atoms with Crippen molar-refractivity contribution in [3.63, 3.8) is 0 Å². The van der Waals surface area contributed by atoms with Crippen molar-refractivity contribution >= 4 is 28.9 Å². The smallest absolute Gasteiger partial charge is 0.160 e. The number of rotatable bonds is 8. The van der Waals surface area contributed by atoms with Gasteiger partial charge < -0.3 is 20.5 Å². The van der Waals surface area contributed by atoms with Gasteiger partial charge in [0.25, 0.3) is 0 Å². The third-order valence-corrected chi connectivity index (χ3v) is 5.37. The van der Waals surface area contributed by atoms with Crippen molar-refractivity contribution in [1.82, 2.24) is 5.32 Å². The molecule has 0 amide bonds. The second-order valence-corrected chi connectivity index (χ2v) is 7.46. The maximum absolute atomic E-state index is 6.49. The molecule has 3 rings (SSSR count). The maximum Gasteiger partial charge on any atom is 0.160 e. The Kier molecular flexibility index (Phi) is 7.26. The molecule has 0 aliphatic carbocycles. The zero-order valence-corrected chi connectivity index (χ0v) is 17.9. The Morgan fingerprint density at radius 2 is 1.66 bits per heavy atom. The highest BCUT2D eigenvalue weighted by Gasteiger charge is 2.19.